The molecule has 0 heterocycles. The second kappa shape index (κ2) is 9.12. The first-order chi connectivity index (χ1) is 11.9. The van der Waals surface area contributed by atoms with Gasteiger partial charge in [-0.05, 0) is 42.0 Å². The van der Waals surface area contributed by atoms with Crippen LogP contribution in [-0.2, 0) is 20.7 Å². The summed E-state index contributed by atoms with van der Waals surface area (Å²) in [5, 5.41) is 2.49. The first kappa shape index (κ1) is 18.9. The molecule has 0 bridgehead atoms. The first-order valence-corrected chi connectivity index (χ1v) is 8.05. The number of amides is 1. The Hall–Kier alpha value is -2.48. The first-order valence-electron chi connectivity index (χ1n) is 7.17. The Morgan fingerprint density at radius 3 is 2.28 bits per heavy atom. The number of hydrogen-bond acceptors (Lipinski definition) is 4. The number of hydrogen-bond donors (Lipinski definition) is 1. The van der Waals surface area contributed by atoms with E-state index in [4.69, 9.17) is 4.74 Å². The number of anilines is 1. The lowest BCUT2D eigenvalue weighted by Gasteiger charge is -2.07. The highest BCUT2D eigenvalue weighted by molar-refractivity contribution is 7.99. The fourth-order valence-corrected chi connectivity index (χ4v) is 2.38. The maximum Gasteiger partial charge on any atom is 0.310 e. The molecule has 0 unspecified atom stereocenters. The Bertz CT molecular complexity index is 721. The number of thioether (sulfide) groups is 1. The number of rotatable bonds is 7. The molecule has 0 aliphatic carbocycles. The number of carbonyl (C=O) groups excluding carboxylic acids is 2. The molecule has 2 rings (SSSR count). The third-order valence-corrected chi connectivity index (χ3v) is 3.71. The normalized spacial score (nSPS) is 10.6. The van der Waals surface area contributed by atoms with E-state index in [9.17, 15) is 22.8 Å². The molecule has 0 aliphatic rings. The van der Waals surface area contributed by atoms with Crippen LogP contribution in [0.25, 0.3) is 0 Å². The molecule has 0 saturated carbocycles. The lowest BCUT2D eigenvalue weighted by Crippen LogP contribution is -2.21. The van der Waals surface area contributed by atoms with Gasteiger partial charge in [-0.2, -0.15) is 8.78 Å². The van der Waals surface area contributed by atoms with Gasteiger partial charge in [-0.15, -0.1) is 0 Å². The van der Waals surface area contributed by atoms with Crippen LogP contribution in [0, 0.1) is 5.82 Å². The Morgan fingerprint density at radius 2 is 1.68 bits per heavy atom. The van der Waals surface area contributed by atoms with E-state index in [1.807, 2.05) is 0 Å². The zero-order valence-electron chi connectivity index (χ0n) is 12.9. The number of benzene rings is 2. The maximum atomic E-state index is 12.8. The predicted octanol–water partition coefficient (Wildman–Crippen LogP) is 3.86. The molecule has 4 nitrogen and oxygen atoms in total. The highest BCUT2D eigenvalue weighted by Gasteiger charge is 2.10. The number of esters is 1. The van der Waals surface area contributed by atoms with Crippen LogP contribution in [0.15, 0.2) is 53.4 Å². The molecule has 1 amide bonds. The molecule has 0 radical (unpaired) electrons. The molecule has 0 aliphatic heterocycles. The molecule has 2 aromatic carbocycles. The van der Waals surface area contributed by atoms with E-state index >= 15 is 0 Å². The third-order valence-electron chi connectivity index (χ3n) is 2.99. The van der Waals surface area contributed by atoms with E-state index in [2.05, 4.69) is 5.32 Å². The van der Waals surface area contributed by atoms with Crippen LogP contribution in [0.2, 0.25) is 0 Å². The SMILES string of the molecule is O=C(COC(=O)Cc1ccc(F)cc1)Nc1ccc(SC(F)F)cc1. The molecular formula is C17H14F3NO3S. The van der Waals surface area contributed by atoms with Crippen molar-refractivity contribution in [2.45, 2.75) is 17.1 Å². The number of carbonyl (C=O) groups is 2. The molecule has 0 atom stereocenters. The van der Waals surface area contributed by atoms with E-state index in [-0.39, 0.29) is 6.42 Å². The number of halogens is 3. The van der Waals surface area contributed by atoms with Gasteiger partial charge >= 0.3 is 5.97 Å². The van der Waals surface area contributed by atoms with Gasteiger partial charge in [-0.25, -0.2) is 4.39 Å². The van der Waals surface area contributed by atoms with Crippen LogP contribution in [0.5, 0.6) is 0 Å². The summed E-state index contributed by atoms with van der Waals surface area (Å²) in [5.74, 6) is -4.09. The fraction of sp³-hybridized carbons (Fsp3) is 0.176. The van der Waals surface area contributed by atoms with Gasteiger partial charge in [0, 0.05) is 10.6 Å². The minimum absolute atomic E-state index is 0.0763. The third kappa shape index (κ3) is 6.88. The van der Waals surface area contributed by atoms with Gasteiger partial charge in [-0.1, -0.05) is 23.9 Å². The second-order valence-electron chi connectivity index (χ2n) is 4.91. The Balaban J connectivity index is 1.76. The number of ether oxygens (including phenoxy) is 1. The van der Waals surface area contributed by atoms with Gasteiger partial charge in [0.15, 0.2) is 6.61 Å². The lowest BCUT2D eigenvalue weighted by atomic mass is 10.1. The van der Waals surface area contributed by atoms with Crippen molar-refractivity contribution in [2.24, 2.45) is 0 Å². The standard InChI is InChI=1S/C17H14F3NO3S/c18-12-3-1-11(2-4-12)9-16(23)24-10-15(22)21-13-5-7-14(8-6-13)25-17(19)20/h1-8,17H,9-10H2,(H,21,22). The molecule has 0 spiro atoms. The predicted molar refractivity (Wildman–Crippen MR) is 88.0 cm³/mol. The highest BCUT2D eigenvalue weighted by Crippen LogP contribution is 2.26. The van der Waals surface area contributed by atoms with Crippen molar-refractivity contribution in [3.05, 3.63) is 59.9 Å². The summed E-state index contributed by atoms with van der Waals surface area (Å²) >= 11 is 0.403. The fourth-order valence-electron chi connectivity index (χ4n) is 1.88. The van der Waals surface area contributed by atoms with E-state index in [1.165, 1.54) is 48.5 Å². The molecule has 0 saturated heterocycles. The lowest BCUT2D eigenvalue weighted by molar-refractivity contribution is -0.146. The minimum Gasteiger partial charge on any atom is -0.455 e. The average molecular weight is 369 g/mol. The van der Waals surface area contributed by atoms with Crippen LogP contribution in [0.4, 0.5) is 18.9 Å². The second-order valence-corrected chi connectivity index (χ2v) is 5.98. The van der Waals surface area contributed by atoms with E-state index in [0.717, 1.165) is 0 Å². The molecular weight excluding hydrogens is 355 g/mol. The summed E-state index contributed by atoms with van der Waals surface area (Å²) in [5.41, 5.74) is 0.970. The largest absolute Gasteiger partial charge is 0.455 e. The summed E-state index contributed by atoms with van der Waals surface area (Å²) < 4.78 is 42.0. The van der Waals surface area contributed by atoms with Crippen LogP contribution in [0.1, 0.15) is 5.56 Å². The summed E-state index contributed by atoms with van der Waals surface area (Å²) in [6, 6.07) is 11.2. The van der Waals surface area contributed by atoms with Gasteiger partial charge < -0.3 is 10.1 Å². The summed E-state index contributed by atoms with van der Waals surface area (Å²) in [6.45, 7) is -0.479. The monoisotopic (exact) mass is 369 g/mol. The Morgan fingerprint density at radius 1 is 1.04 bits per heavy atom. The molecule has 0 aromatic heterocycles. The van der Waals surface area contributed by atoms with Crippen molar-refractivity contribution < 1.29 is 27.5 Å². The van der Waals surface area contributed by atoms with Crippen molar-refractivity contribution in [1.29, 1.82) is 0 Å². The minimum atomic E-state index is -2.51. The molecule has 2 aromatic rings. The number of nitrogens with one attached hydrogen (secondary N) is 1. The van der Waals surface area contributed by atoms with Gasteiger partial charge in [0.05, 0.1) is 6.42 Å². The molecule has 1 N–H and O–H groups in total. The van der Waals surface area contributed by atoms with E-state index < -0.39 is 30.1 Å². The molecule has 0 fully saturated rings. The highest BCUT2D eigenvalue weighted by atomic mass is 32.2. The Kier molecular flexibility index (Phi) is 6.88. The van der Waals surface area contributed by atoms with Gasteiger partial charge in [-0.3, -0.25) is 9.59 Å². The van der Waals surface area contributed by atoms with Gasteiger partial charge in [0.1, 0.15) is 5.82 Å². The van der Waals surface area contributed by atoms with Crippen molar-refractivity contribution in [2.75, 3.05) is 11.9 Å². The van der Waals surface area contributed by atoms with E-state index in [1.54, 1.807) is 0 Å². The van der Waals surface area contributed by atoms with Crippen molar-refractivity contribution in [3.63, 3.8) is 0 Å². The van der Waals surface area contributed by atoms with Crippen LogP contribution in [0.3, 0.4) is 0 Å². The molecule has 132 valence electrons. The van der Waals surface area contributed by atoms with Gasteiger partial charge in [0.2, 0.25) is 0 Å². The molecule has 25 heavy (non-hydrogen) atoms. The van der Waals surface area contributed by atoms with Crippen molar-refractivity contribution in [3.8, 4) is 0 Å². The van der Waals surface area contributed by atoms with Crippen LogP contribution < -0.4 is 5.32 Å². The maximum absolute atomic E-state index is 12.8. The van der Waals surface area contributed by atoms with Crippen LogP contribution in [-0.4, -0.2) is 24.2 Å². The van der Waals surface area contributed by atoms with E-state index in [0.29, 0.717) is 27.9 Å². The van der Waals surface area contributed by atoms with Crippen LogP contribution >= 0.6 is 11.8 Å². The zero-order chi connectivity index (χ0) is 18.2. The van der Waals surface area contributed by atoms with Crippen molar-refractivity contribution >= 4 is 29.3 Å². The zero-order valence-corrected chi connectivity index (χ0v) is 13.7. The quantitative estimate of drug-likeness (QED) is 0.595. The summed E-state index contributed by atoms with van der Waals surface area (Å²) in [6.07, 6.45) is -0.0763. The van der Waals surface area contributed by atoms with Crippen molar-refractivity contribution in [1.82, 2.24) is 0 Å². The number of alkyl halides is 2. The smallest absolute Gasteiger partial charge is 0.310 e. The molecule has 8 heteroatoms. The summed E-state index contributed by atoms with van der Waals surface area (Å²) in [7, 11) is 0. The Labute approximate surface area is 146 Å². The topological polar surface area (TPSA) is 55.4 Å². The van der Waals surface area contributed by atoms with Gasteiger partial charge in [0.25, 0.3) is 11.7 Å². The summed E-state index contributed by atoms with van der Waals surface area (Å²) in [4.78, 5) is 23.7. The average Bonchev–Trinajstić information content (AvgIpc) is 2.56.